The van der Waals surface area contributed by atoms with Gasteiger partial charge in [-0.3, -0.25) is 0 Å². The minimum absolute atomic E-state index is 0. The Labute approximate surface area is 142 Å². The molecule has 7 heteroatoms. The number of amidine groups is 1. The molecule has 2 aromatic rings. The van der Waals surface area contributed by atoms with Crippen LogP contribution in [0.25, 0.3) is 0 Å². The number of aromatic nitrogens is 2. The molecule has 0 fully saturated rings. The van der Waals surface area contributed by atoms with E-state index in [0.29, 0.717) is 5.84 Å². The lowest BCUT2D eigenvalue weighted by Crippen LogP contribution is -3.00. The molecule has 2 heterocycles. The van der Waals surface area contributed by atoms with E-state index in [-0.39, 0.29) is 18.3 Å². The van der Waals surface area contributed by atoms with Crippen molar-refractivity contribution in [1.29, 1.82) is 0 Å². The van der Waals surface area contributed by atoms with Crippen molar-refractivity contribution in [2.75, 3.05) is 0 Å². The second-order valence-electron chi connectivity index (χ2n) is 5.36. The minimum Gasteiger partial charge on any atom is -1.00 e. The maximum absolute atomic E-state index is 4.22. The van der Waals surface area contributed by atoms with Crippen molar-refractivity contribution in [2.24, 2.45) is 40.4 Å². The number of hydrogen-bond donors (Lipinski definition) is 0. The van der Waals surface area contributed by atoms with Crippen molar-refractivity contribution in [3.63, 3.8) is 0 Å². The van der Waals surface area contributed by atoms with Crippen LogP contribution < -0.4 is 22.3 Å². The summed E-state index contributed by atoms with van der Waals surface area (Å²) in [5.74, 6) is 0.744. The van der Waals surface area contributed by atoms with Gasteiger partial charge in [-0.1, -0.05) is 13.8 Å². The van der Waals surface area contributed by atoms with Crippen LogP contribution in [0.5, 0.6) is 0 Å². The molecule has 0 aliphatic carbocycles. The zero-order valence-corrected chi connectivity index (χ0v) is 14.5. The smallest absolute Gasteiger partial charge is 0.175 e. The van der Waals surface area contributed by atoms with E-state index in [2.05, 4.69) is 20.4 Å². The fourth-order valence-corrected chi connectivity index (χ4v) is 1.59. The van der Waals surface area contributed by atoms with Crippen molar-refractivity contribution >= 4 is 11.5 Å². The Morgan fingerprint density at radius 3 is 2.26 bits per heavy atom. The summed E-state index contributed by atoms with van der Waals surface area (Å²) >= 11 is 0. The van der Waals surface area contributed by atoms with Gasteiger partial charge in [0.25, 0.3) is 0 Å². The van der Waals surface area contributed by atoms with Crippen molar-refractivity contribution in [1.82, 2.24) is 4.57 Å². The number of pyridine rings is 2. The third-order valence-electron chi connectivity index (χ3n) is 2.97. The van der Waals surface area contributed by atoms with Gasteiger partial charge in [0.2, 0.25) is 0 Å². The average Bonchev–Trinajstić information content (AvgIpc) is 2.50. The number of halogens is 1. The number of rotatable bonds is 3. The second kappa shape index (κ2) is 8.95. The summed E-state index contributed by atoms with van der Waals surface area (Å²) in [6, 6.07) is 7.59. The van der Waals surface area contributed by atoms with Gasteiger partial charge in [0.05, 0.1) is 11.0 Å². The Kier molecular flexibility index (Phi) is 7.28. The molecule has 0 bridgehead atoms. The van der Waals surface area contributed by atoms with Gasteiger partial charge in [0.15, 0.2) is 18.2 Å². The van der Waals surface area contributed by atoms with Gasteiger partial charge in [0.1, 0.15) is 7.05 Å². The molecule has 2 aromatic heterocycles. The Balaban J connectivity index is 0.00000264. The summed E-state index contributed by atoms with van der Waals surface area (Å²) in [6.07, 6.45) is 7.70. The Hall–Kier alpha value is -2.34. The van der Waals surface area contributed by atoms with E-state index >= 15 is 0 Å². The van der Waals surface area contributed by atoms with E-state index < -0.39 is 0 Å². The molecule has 0 saturated carbocycles. The first-order valence-corrected chi connectivity index (χ1v) is 7.15. The van der Waals surface area contributed by atoms with Crippen LogP contribution in [0.4, 0.5) is 5.69 Å². The van der Waals surface area contributed by atoms with Crippen molar-refractivity contribution < 1.29 is 17.0 Å². The second-order valence-corrected chi connectivity index (χ2v) is 5.36. The zero-order chi connectivity index (χ0) is 15.9. The summed E-state index contributed by atoms with van der Waals surface area (Å²) in [6.45, 7) is 4.03. The summed E-state index contributed by atoms with van der Waals surface area (Å²) in [5.41, 5.74) is 0.790. The highest BCUT2D eigenvalue weighted by atomic mass is 35.5. The van der Waals surface area contributed by atoms with Crippen LogP contribution in [-0.2, 0) is 14.1 Å². The Morgan fingerprint density at radius 2 is 1.70 bits per heavy atom. The highest BCUT2D eigenvalue weighted by Gasteiger charge is 2.04. The molecule has 23 heavy (non-hydrogen) atoms. The molecule has 0 aliphatic heterocycles. The zero-order valence-electron chi connectivity index (χ0n) is 13.8. The lowest BCUT2D eigenvalue weighted by molar-refractivity contribution is -0.671. The summed E-state index contributed by atoms with van der Waals surface area (Å²) in [5, 5.41) is 17.7. The highest BCUT2D eigenvalue weighted by molar-refractivity contribution is 5.84. The van der Waals surface area contributed by atoms with E-state index in [1.165, 1.54) is 0 Å². The molecule has 0 N–H and O–H groups in total. The first kappa shape index (κ1) is 18.7. The van der Waals surface area contributed by atoms with Gasteiger partial charge in [0, 0.05) is 37.5 Å². The molecule has 0 aliphatic rings. The van der Waals surface area contributed by atoms with Gasteiger partial charge < -0.3 is 17.0 Å². The predicted molar refractivity (Wildman–Crippen MR) is 85.4 cm³/mol. The van der Waals surface area contributed by atoms with Gasteiger partial charge in [-0.25, -0.2) is 4.57 Å². The highest BCUT2D eigenvalue weighted by Crippen LogP contribution is 2.10. The molecule has 0 spiro atoms. The third kappa shape index (κ3) is 6.12. The number of aryl methyl sites for hydroxylation is 2. The van der Waals surface area contributed by atoms with Crippen LogP contribution in [0.1, 0.15) is 13.8 Å². The molecule has 0 aromatic carbocycles. The predicted octanol–water partition coefficient (Wildman–Crippen LogP) is -0.492. The number of azo groups is 1. The van der Waals surface area contributed by atoms with Crippen LogP contribution in [0.2, 0.25) is 0 Å². The third-order valence-corrected chi connectivity index (χ3v) is 2.97. The van der Waals surface area contributed by atoms with Crippen LogP contribution in [0.3, 0.4) is 0 Å². The molecule has 0 saturated heterocycles. The summed E-state index contributed by atoms with van der Waals surface area (Å²) in [4.78, 5) is 0. The van der Waals surface area contributed by atoms with E-state index in [4.69, 9.17) is 0 Å². The monoisotopic (exact) mass is 332 g/mol. The lowest BCUT2D eigenvalue weighted by Gasteiger charge is -2.00. The first-order valence-electron chi connectivity index (χ1n) is 7.15. The number of nitrogens with zero attached hydrogens (tertiary/aromatic N) is 6. The van der Waals surface area contributed by atoms with E-state index in [0.717, 1.165) is 11.0 Å². The Morgan fingerprint density at radius 1 is 1.09 bits per heavy atom. The standard InChI is InChI=1S/C16H21N6.ClH/c1-13(2)16(19-17-14-5-9-21(3)10-6-14)20-18-15-7-11-22(4)12-8-15;/h5-13H,1-4H3;1H/q+1;/p-1. The minimum atomic E-state index is 0. The van der Waals surface area contributed by atoms with Crippen molar-refractivity contribution in [3.05, 3.63) is 54.4 Å². The van der Waals surface area contributed by atoms with Gasteiger partial charge in [-0.15, -0.1) is 20.4 Å². The quantitative estimate of drug-likeness (QED) is 0.239. The van der Waals surface area contributed by atoms with E-state index in [1.54, 1.807) is 0 Å². The van der Waals surface area contributed by atoms with Gasteiger partial charge >= 0.3 is 0 Å². The Bertz CT molecular complexity index is 723. The average molecular weight is 333 g/mol. The molecule has 6 nitrogen and oxygen atoms in total. The maximum atomic E-state index is 4.22. The first-order chi connectivity index (χ1) is 10.5. The molecule has 0 radical (unpaired) electrons. The molecule has 122 valence electrons. The molecule has 0 atom stereocenters. The fraction of sp³-hybridized carbons (Fsp3) is 0.312. The number of hydrogen-bond acceptors (Lipinski definition) is 3. The van der Waals surface area contributed by atoms with Gasteiger partial charge in [-0.2, -0.15) is 0 Å². The summed E-state index contributed by atoms with van der Waals surface area (Å²) < 4.78 is 3.89. The van der Waals surface area contributed by atoms with Crippen molar-refractivity contribution in [2.45, 2.75) is 13.8 Å². The van der Waals surface area contributed by atoms with Crippen molar-refractivity contribution in [3.8, 4) is 0 Å². The maximum Gasteiger partial charge on any atom is 0.175 e. The molecule has 0 amide bonds. The normalized spacial score (nSPS) is 11.6. The summed E-state index contributed by atoms with van der Waals surface area (Å²) in [7, 11) is 3.92. The van der Waals surface area contributed by atoms with Crippen LogP contribution in [-0.4, -0.2) is 10.4 Å². The van der Waals surface area contributed by atoms with E-state index in [1.807, 2.05) is 86.1 Å². The molecule has 2 rings (SSSR count). The molecule has 0 unspecified atom stereocenters. The van der Waals surface area contributed by atoms with Crippen LogP contribution in [0.15, 0.2) is 69.5 Å². The van der Waals surface area contributed by atoms with Crippen LogP contribution in [0, 0.1) is 5.92 Å². The SMILES string of the molecule is CC(C)C(N=Nc1cc[n+](C)cc1)=NN=c1ccn(C)cc1.[Cl-]. The lowest BCUT2D eigenvalue weighted by atomic mass is 10.2. The topological polar surface area (TPSA) is 58.2 Å². The fourth-order valence-electron chi connectivity index (χ4n) is 1.59. The van der Waals surface area contributed by atoms with E-state index in [9.17, 15) is 0 Å². The largest absolute Gasteiger partial charge is 1.00 e. The molecular weight excluding hydrogens is 312 g/mol. The van der Waals surface area contributed by atoms with Crippen LogP contribution >= 0.6 is 0 Å². The van der Waals surface area contributed by atoms with Gasteiger partial charge in [-0.05, 0) is 12.1 Å². The molecular formula is C16H21ClN6.